The molecule has 2 aromatic rings. The number of halogens is 5. The van der Waals surface area contributed by atoms with Crippen LogP contribution in [-0.2, 0) is 0 Å². The molecule has 0 amide bonds. The fraction of sp³-hybridized carbons (Fsp3) is 0.143. The summed E-state index contributed by atoms with van der Waals surface area (Å²) in [5, 5.41) is 0. The Hall–Kier alpha value is -1.91. The van der Waals surface area contributed by atoms with Crippen molar-refractivity contribution in [1.82, 2.24) is 0 Å². The van der Waals surface area contributed by atoms with Crippen LogP contribution in [0.2, 0.25) is 0 Å². The van der Waals surface area contributed by atoms with E-state index in [0.29, 0.717) is 0 Å². The molecule has 19 heavy (non-hydrogen) atoms. The van der Waals surface area contributed by atoms with Crippen LogP contribution in [0.4, 0.5) is 22.0 Å². The molecule has 0 bridgehead atoms. The Labute approximate surface area is 106 Å². The fourth-order valence-corrected chi connectivity index (χ4v) is 1.88. The maximum atomic E-state index is 13.1. The van der Waals surface area contributed by atoms with Crippen LogP contribution in [0.15, 0.2) is 48.5 Å². The SMILES string of the molecule is Fc1ccc(C(c2ccc(F)cc2)C(F)(F)F)cc1. The Balaban J connectivity index is 2.47. The predicted molar refractivity (Wildman–Crippen MR) is 60.7 cm³/mol. The Bertz CT molecular complexity index is 494. The van der Waals surface area contributed by atoms with Crippen molar-refractivity contribution in [3.8, 4) is 0 Å². The van der Waals surface area contributed by atoms with E-state index in [2.05, 4.69) is 0 Å². The zero-order valence-electron chi connectivity index (χ0n) is 9.59. The van der Waals surface area contributed by atoms with E-state index in [1.54, 1.807) is 0 Å². The zero-order valence-corrected chi connectivity index (χ0v) is 9.59. The van der Waals surface area contributed by atoms with Gasteiger partial charge in [-0.25, -0.2) is 8.78 Å². The van der Waals surface area contributed by atoms with E-state index in [-0.39, 0.29) is 11.1 Å². The van der Waals surface area contributed by atoms with Crippen LogP contribution in [0.25, 0.3) is 0 Å². The van der Waals surface area contributed by atoms with Crippen LogP contribution < -0.4 is 0 Å². The van der Waals surface area contributed by atoms with E-state index >= 15 is 0 Å². The second kappa shape index (κ2) is 4.99. The molecule has 0 nitrogen and oxygen atoms in total. The zero-order chi connectivity index (χ0) is 14.0. The minimum Gasteiger partial charge on any atom is -0.207 e. The van der Waals surface area contributed by atoms with Crippen molar-refractivity contribution in [3.63, 3.8) is 0 Å². The average molecular weight is 272 g/mol. The normalized spacial score (nSPS) is 11.9. The molecule has 0 aliphatic heterocycles. The van der Waals surface area contributed by atoms with Crippen molar-refractivity contribution < 1.29 is 22.0 Å². The third kappa shape index (κ3) is 3.10. The van der Waals surface area contributed by atoms with Crippen molar-refractivity contribution in [2.45, 2.75) is 12.1 Å². The van der Waals surface area contributed by atoms with Crippen LogP contribution >= 0.6 is 0 Å². The minimum atomic E-state index is -4.53. The summed E-state index contributed by atoms with van der Waals surface area (Å²) in [5.41, 5.74) is -0.166. The molecular formula is C14H9F5. The molecule has 0 aromatic heterocycles. The Morgan fingerprint density at radius 2 is 0.947 bits per heavy atom. The lowest BCUT2D eigenvalue weighted by atomic mass is 9.91. The van der Waals surface area contributed by atoms with Gasteiger partial charge < -0.3 is 0 Å². The van der Waals surface area contributed by atoms with Gasteiger partial charge in [0.15, 0.2) is 0 Å². The number of alkyl halides is 3. The molecule has 100 valence electrons. The lowest BCUT2D eigenvalue weighted by Crippen LogP contribution is -2.22. The maximum absolute atomic E-state index is 13.1. The molecule has 5 heteroatoms. The van der Waals surface area contributed by atoms with Crippen LogP contribution in [0, 0.1) is 11.6 Å². The molecule has 2 rings (SSSR count). The average Bonchev–Trinajstić information content (AvgIpc) is 2.33. The highest BCUT2D eigenvalue weighted by Crippen LogP contribution is 2.40. The molecule has 0 saturated heterocycles. The lowest BCUT2D eigenvalue weighted by molar-refractivity contribution is -0.141. The van der Waals surface area contributed by atoms with Gasteiger partial charge in [-0.05, 0) is 35.4 Å². The second-order valence-corrected chi connectivity index (χ2v) is 4.08. The molecule has 0 aliphatic rings. The summed E-state index contributed by atoms with van der Waals surface area (Å²) < 4.78 is 64.9. The highest BCUT2D eigenvalue weighted by Gasteiger charge is 2.41. The van der Waals surface area contributed by atoms with Crippen molar-refractivity contribution in [1.29, 1.82) is 0 Å². The van der Waals surface area contributed by atoms with Gasteiger partial charge in [0.25, 0.3) is 0 Å². The highest BCUT2D eigenvalue weighted by atomic mass is 19.4. The van der Waals surface area contributed by atoms with Crippen molar-refractivity contribution in [3.05, 3.63) is 71.3 Å². The summed E-state index contributed by atoms with van der Waals surface area (Å²) in [5.74, 6) is -3.11. The number of hydrogen-bond acceptors (Lipinski definition) is 0. The summed E-state index contributed by atoms with van der Waals surface area (Å²) in [6, 6.07) is 8.20. The number of benzene rings is 2. The van der Waals surface area contributed by atoms with Gasteiger partial charge in [-0.1, -0.05) is 24.3 Å². The predicted octanol–water partition coefficient (Wildman–Crippen LogP) is 4.66. The maximum Gasteiger partial charge on any atom is 0.399 e. The van der Waals surface area contributed by atoms with Crippen LogP contribution in [0.1, 0.15) is 17.0 Å². The van der Waals surface area contributed by atoms with E-state index < -0.39 is 23.7 Å². The molecule has 0 saturated carbocycles. The summed E-state index contributed by atoms with van der Waals surface area (Å²) in [6.45, 7) is 0. The van der Waals surface area contributed by atoms with Crippen molar-refractivity contribution in [2.75, 3.05) is 0 Å². The monoisotopic (exact) mass is 272 g/mol. The summed E-state index contributed by atoms with van der Waals surface area (Å²) in [7, 11) is 0. The van der Waals surface area contributed by atoms with Crippen LogP contribution in [-0.4, -0.2) is 6.18 Å². The lowest BCUT2D eigenvalue weighted by Gasteiger charge is -2.21. The first-order valence-electron chi connectivity index (χ1n) is 5.45. The Kier molecular flexibility index (Phi) is 3.55. The molecule has 0 aliphatic carbocycles. The topological polar surface area (TPSA) is 0 Å². The van der Waals surface area contributed by atoms with E-state index in [1.165, 1.54) is 0 Å². The molecule has 0 heterocycles. The second-order valence-electron chi connectivity index (χ2n) is 4.08. The molecule has 0 N–H and O–H groups in total. The van der Waals surface area contributed by atoms with E-state index in [9.17, 15) is 22.0 Å². The number of rotatable bonds is 2. The molecule has 0 fully saturated rings. The first kappa shape index (κ1) is 13.5. The first-order valence-corrected chi connectivity index (χ1v) is 5.45. The summed E-state index contributed by atoms with van der Waals surface area (Å²) in [4.78, 5) is 0. The minimum absolute atomic E-state index is 0.0829. The van der Waals surface area contributed by atoms with Gasteiger partial charge in [0.05, 0.1) is 0 Å². The highest BCUT2D eigenvalue weighted by molar-refractivity contribution is 5.34. The molecule has 2 aromatic carbocycles. The smallest absolute Gasteiger partial charge is 0.207 e. The fourth-order valence-electron chi connectivity index (χ4n) is 1.88. The molecule has 0 atom stereocenters. The molecule has 0 radical (unpaired) electrons. The van der Waals surface area contributed by atoms with Gasteiger partial charge in [-0.2, -0.15) is 13.2 Å². The summed E-state index contributed by atoms with van der Waals surface area (Å²) in [6.07, 6.45) is -4.53. The summed E-state index contributed by atoms with van der Waals surface area (Å²) >= 11 is 0. The van der Waals surface area contributed by atoms with Gasteiger partial charge >= 0.3 is 6.18 Å². The standard InChI is InChI=1S/C14H9F5/c15-11-5-1-9(2-6-11)13(14(17,18)19)10-3-7-12(16)8-4-10/h1-8,13H. The van der Waals surface area contributed by atoms with E-state index in [1.807, 2.05) is 0 Å². The van der Waals surface area contributed by atoms with Gasteiger partial charge in [-0.3, -0.25) is 0 Å². The van der Waals surface area contributed by atoms with Crippen LogP contribution in [0.3, 0.4) is 0 Å². The molecular weight excluding hydrogens is 263 g/mol. The van der Waals surface area contributed by atoms with Gasteiger partial charge in [0, 0.05) is 0 Å². The third-order valence-electron chi connectivity index (χ3n) is 2.73. The van der Waals surface area contributed by atoms with E-state index in [0.717, 1.165) is 48.5 Å². The van der Waals surface area contributed by atoms with Gasteiger partial charge in [0.1, 0.15) is 17.6 Å². The quantitative estimate of drug-likeness (QED) is 0.697. The number of hydrogen-bond donors (Lipinski definition) is 0. The van der Waals surface area contributed by atoms with Gasteiger partial charge in [-0.15, -0.1) is 0 Å². The Morgan fingerprint density at radius 1 is 0.632 bits per heavy atom. The van der Waals surface area contributed by atoms with Crippen molar-refractivity contribution >= 4 is 0 Å². The first-order chi connectivity index (χ1) is 8.88. The van der Waals surface area contributed by atoms with Gasteiger partial charge in [0.2, 0.25) is 0 Å². The third-order valence-corrected chi connectivity index (χ3v) is 2.73. The largest absolute Gasteiger partial charge is 0.399 e. The Morgan fingerprint density at radius 3 is 1.21 bits per heavy atom. The van der Waals surface area contributed by atoms with E-state index in [4.69, 9.17) is 0 Å². The van der Waals surface area contributed by atoms with Crippen molar-refractivity contribution in [2.24, 2.45) is 0 Å². The molecule has 0 unspecified atom stereocenters. The molecule has 0 spiro atoms. The van der Waals surface area contributed by atoms with Crippen LogP contribution in [0.5, 0.6) is 0 Å².